The summed E-state index contributed by atoms with van der Waals surface area (Å²) in [4.78, 5) is 15.7. The summed E-state index contributed by atoms with van der Waals surface area (Å²) in [7, 11) is 0. The third-order valence-corrected chi connectivity index (χ3v) is 4.86. The number of aryl methyl sites for hydroxylation is 2. The standard InChI is InChI=1S/C18H16FN5S/c1-11-9-15-16(21-10-13-3-5-14(19)6-4-13)22-18(23-17(15)25-11)24-8-7-20-12(24)2/h3-9H,10H2,1-2H3,(H,21,22,23). The lowest BCUT2D eigenvalue weighted by Gasteiger charge is -2.10. The number of benzene rings is 1. The number of thiophene rings is 1. The molecule has 0 radical (unpaired) electrons. The molecule has 25 heavy (non-hydrogen) atoms. The van der Waals surface area contributed by atoms with Gasteiger partial charge in [-0.15, -0.1) is 11.3 Å². The highest BCUT2D eigenvalue weighted by molar-refractivity contribution is 7.18. The van der Waals surface area contributed by atoms with Crippen LogP contribution in [0.3, 0.4) is 0 Å². The van der Waals surface area contributed by atoms with Crippen LogP contribution < -0.4 is 5.32 Å². The number of hydrogen-bond acceptors (Lipinski definition) is 5. The van der Waals surface area contributed by atoms with Crippen molar-refractivity contribution in [2.24, 2.45) is 0 Å². The smallest absolute Gasteiger partial charge is 0.238 e. The summed E-state index contributed by atoms with van der Waals surface area (Å²) in [6.07, 6.45) is 3.58. The molecule has 3 aromatic heterocycles. The second-order valence-corrected chi connectivity index (χ2v) is 7.01. The van der Waals surface area contributed by atoms with Gasteiger partial charge >= 0.3 is 0 Å². The van der Waals surface area contributed by atoms with Crippen LogP contribution in [0.4, 0.5) is 10.2 Å². The summed E-state index contributed by atoms with van der Waals surface area (Å²) >= 11 is 1.63. The SMILES string of the molecule is Cc1cc2c(NCc3ccc(F)cc3)nc(-n3ccnc3C)nc2s1. The zero-order valence-electron chi connectivity index (χ0n) is 13.8. The predicted molar refractivity (Wildman–Crippen MR) is 97.7 cm³/mol. The highest BCUT2D eigenvalue weighted by Crippen LogP contribution is 2.29. The minimum atomic E-state index is -0.237. The molecule has 5 nitrogen and oxygen atoms in total. The number of halogens is 1. The van der Waals surface area contributed by atoms with Crippen molar-refractivity contribution in [2.45, 2.75) is 20.4 Å². The first-order valence-electron chi connectivity index (χ1n) is 7.87. The van der Waals surface area contributed by atoms with Crippen LogP contribution in [0.5, 0.6) is 0 Å². The first-order chi connectivity index (χ1) is 12.1. The third kappa shape index (κ3) is 3.10. The van der Waals surface area contributed by atoms with E-state index in [2.05, 4.69) is 33.3 Å². The molecule has 0 amide bonds. The Labute approximate surface area is 148 Å². The Balaban J connectivity index is 1.73. The van der Waals surface area contributed by atoms with E-state index in [1.54, 1.807) is 29.7 Å². The topological polar surface area (TPSA) is 55.6 Å². The lowest BCUT2D eigenvalue weighted by molar-refractivity contribution is 0.627. The first kappa shape index (κ1) is 15.7. The fraction of sp³-hybridized carbons (Fsp3) is 0.167. The van der Waals surface area contributed by atoms with Gasteiger partial charge in [0.25, 0.3) is 0 Å². The Morgan fingerprint density at radius 3 is 2.68 bits per heavy atom. The van der Waals surface area contributed by atoms with E-state index in [1.807, 2.05) is 17.7 Å². The van der Waals surface area contributed by atoms with E-state index < -0.39 is 0 Å². The van der Waals surface area contributed by atoms with Crippen LogP contribution in [0.1, 0.15) is 16.3 Å². The molecule has 7 heteroatoms. The predicted octanol–water partition coefficient (Wildman–Crippen LogP) is 4.25. The number of nitrogens with one attached hydrogen (secondary N) is 1. The number of anilines is 1. The van der Waals surface area contributed by atoms with E-state index in [0.717, 1.165) is 27.4 Å². The summed E-state index contributed by atoms with van der Waals surface area (Å²) in [5.74, 6) is 1.95. The van der Waals surface area contributed by atoms with Gasteiger partial charge in [0.1, 0.15) is 22.3 Å². The highest BCUT2D eigenvalue weighted by Gasteiger charge is 2.13. The summed E-state index contributed by atoms with van der Waals surface area (Å²) in [5, 5.41) is 4.35. The minimum absolute atomic E-state index is 0.237. The molecule has 0 bridgehead atoms. The molecule has 0 saturated carbocycles. The van der Waals surface area contributed by atoms with Gasteiger partial charge in [0.15, 0.2) is 0 Å². The quantitative estimate of drug-likeness (QED) is 0.596. The van der Waals surface area contributed by atoms with Crippen molar-refractivity contribution >= 4 is 27.4 Å². The van der Waals surface area contributed by atoms with Crippen LogP contribution in [-0.4, -0.2) is 19.5 Å². The molecule has 0 unspecified atom stereocenters. The summed E-state index contributed by atoms with van der Waals surface area (Å²) in [5.41, 5.74) is 0.987. The van der Waals surface area contributed by atoms with Gasteiger partial charge in [-0.2, -0.15) is 4.98 Å². The second-order valence-electron chi connectivity index (χ2n) is 5.77. The molecule has 4 rings (SSSR count). The van der Waals surface area contributed by atoms with Crippen molar-refractivity contribution in [1.29, 1.82) is 0 Å². The molecule has 0 atom stereocenters. The molecule has 4 aromatic rings. The number of imidazole rings is 1. The molecule has 126 valence electrons. The Hall–Kier alpha value is -2.80. The van der Waals surface area contributed by atoms with E-state index in [-0.39, 0.29) is 5.82 Å². The van der Waals surface area contributed by atoms with Crippen LogP contribution in [0.25, 0.3) is 16.2 Å². The van der Waals surface area contributed by atoms with Crippen molar-refractivity contribution < 1.29 is 4.39 Å². The maximum atomic E-state index is 13.1. The second kappa shape index (κ2) is 6.25. The number of nitrogens with zero attached hydrogens (tertiary/aromatic N) is 4. The van der Waals surface area contributed by atoms with Gasteiger partial charge in [0, 0.05) is 23.8 Å². The molecule has 3 heterocycles. The third-order valence-electron chi connectivity index (χ3n) is 3.92. The number of hydrogen-bond donors (Lipinski definition) is 1. The molecular formula is C18H16FN5S. The zero-order chi connectivity index (χ0) is 17.4. The molecule has 0 spiro atoms. The van der Waals surface area contributed by atoms with Gasteiger partial charge in [-0.1, -0.05) is 12.1 Å². The maximum absolute atomic E-state index is 13.1. The van der Waals surface area contributed by atoms with Crippen LogP contribution in [0, 0.1) is 19.7 Å². The van der Waals surface area contributed by atoms with Crippen LogP contribution in [-0.2, 0) is 6.54 Å². The van der Waals surface area contributed by atoms with Gasteiger partial charge < -0.3 is 5.32 Å². The van der Waals surface area contributed by atoms with Crippen LogP contribution >= 0.6 is 11.3 Å². The van der Waals surface area contributed by atoms with Crippen molar-refractivity contribution in [3.63, 3.8) is 0 Å². The minimum Gasteiger partial charge on any atom is -0.365 e. The van der Waals surface area contributed by atoms with E-state index in [1.165, 1.54) is 17.0 Å². The molecular weight excluding hydrogens is 337 g/mol. The molecule has 0 fully saturated rings. The summed E-state index contributed by atoms with van der Waals surface area (Å²) < 4.78 is 14.9. The van der Waals surface area contributed by atoms with E-state index in [9.17, 15) is 4.39 Å². The van der Waals surface area contributed by atoms with Crippen molar-refractivity contribution in [3.8, 4) is 5.95 Å². The Morgan fingerprint density at radius 1 is 1.16 bits per heavy atom. The Bertz CT molecular complexity index is 1040. The monoisotopic (exact) mass is 353 g/mol. The lowest BCUT2D eigenvalue weighted by Crippen LogP contribution is -2.07. The average Bonchev–Trinajstić information content (AvgIpc) is 3.18. The van der Waals surface area contributed by atoms with Crippen LogP contribution in [0.2, 0.25) is 0 Å². The Kier molecular flexibility index (Phi) is 3.93. The fourth-order valence-electron chi connectivity index (χ4n) is 2.65. The largest absolute Gasteiger partial charge is 0.365 e. The molecule has 0 saturated heterocycles. The lowest BCUT2D eigenvalue weighted by atomic mass is 10.2. The number of fused-ring (bicyclic) bond motifs is 1. The molecule has 1 aromatic carbocycles. The van der Waals surface area contributed by atoms with Gasteiger partial charge in [0.2, 0.25) is 5.95 Å². The first-order valence-corrected chi connectivity index (χ1v) is 8.68. The fourth-order valence-corrected chi connectivity index (χ4v) is 3.53. The molecule has 1 N–H and O–H groups in total. The molecule has 0 aliphatic carbocycles. The van der Waals surface area contributed by atoms with Gasteiger partial charge in [-0.25, -0.2) is 14.4 Å². The van der Waals surface area contributed by atoms with Gasteiger partial charge in [-0.05, 0) is 37.6 Å². The van der Waals surface area contributed by atoms with Crippen LogP contribution in [0.15, 0.2) is 42.7 Å². The number of rotatable bonds is 4. The molecule has 0 aliphatic heterocycles. The normalized spacial score (nSPS) is 11.2. The maximum Gasteiger partial charge on any atom is 0.238 e. The summed E-state index contributed by atoms with van der Waals surface area (Å²) in [6.45, 7) is 4.53. The van der Waals surface area contributed by atoms with Crippen molar-refractivity contribution in [3.05, 3.63) is 64.8 Å². The van der Waals surface area contributed by atoms with E-state index in [0.29, 0.717) is 12.5 Å². The van der Waals surface area contributed by atoms with Gasteiger partial charge in [-0.3, -0.25) is 4.57 Å². The Morgan fingerprint density at radius 2 is 1.96 bits per heavy atom. The highest BCUT2D eigenvalue weighted by atomic mass is 32.1. The number of aromatic nitrogens is 4. The zero-order valence-corrected chi connectivity index (χ0v) is 14.6. The van der Waals surface area contributed by atoms with Crippen molar-refractivity contribution in [2.75, 3.05) is 5.32 Å². The van der Waals surface area contributed by atoms with Gasteiger partial charge in [0.05, 0.1) is 5.39 Å². The summed E-state index contributed by atoms with van der Waals surface area (Å²) in [6, 6.07) is 8.53. The van der Waals surface area contributed by atoms with E-state index >= 15 is 0 Å². The van der Waals surface area contributed by atoms with Crippen molar-refractivity contribution in [1.82, 2.24) is 19.5 Å². The molecule has 0 aliphatic rings. The average molecular weight is 353 g/mol. The van der Waals surface area contributed by atoms with E-state index in [4.69, 9.17) is 0 Å².